The van der Waals surface area contributed by atoms with Gasteiger partial charge >= 0.3 is 5.97 Å². The lowest BCUT2D eigenvalue weighted by Gasteiger charge is -1.97. The number of hydrogen-bond donors (Lipinski definition) is 1. The van der Waals surface area contributed by atoms with E-state index in [2.05, 4.69) is 4.74 Å². The molecule has 0 spiro atoms. The third-order valence-electron chi connectivity index (χ3n) is 2.37. The predicted octanol–water partition coefficient (Wildman–Crippen LogP) is 2.74. The molecule has 1 N–H and O–H groups in total. The molecular formula is C12H12O3S. The molecule has 0 saturated heterocycles. The van der Waals surface area contributed by atoms with Gasteiger partial charge in [-0.1, -0.05) is 0 Å². The average Bonchev–Trinajstić information content (AvgIpc) is 2.70. The molecule has 1 heterocycles. The number of esters is 1. The van der Waals surface area contributed by atoms with Crippen molar-refractivity contribution in [3.05, 3.63) is 34.7 Å². The summed E-state index contributed by atoms with van der Waals surface area (Å²) in [6.07, 6.45) is -0.473. The maximum Gasteiger partial charge on any atom is 0.337 e. The number of aliphatic hydroxyl groups is 1. The maximum absolute atomic E-state index is 11.3. The zero-order valence-electron chi connectivity index (χ0n) is 9.06. The SMILES string of the molecule is COC(=O)c1ccc2sc(C(C)O)cc2c1. The van der Waals surface area contributed by atoms with E-state index < -0.39 is 6.10 Å². The summed E-state index contributed by atoms with van der Waals surface area (Å²) >= 11 is 1.53. The molecule has 0 aliphatic carbocycles. The van der Waals surface area contributed by atoms with Gasteiger partial charge in [-0.15, -0.1) is 11.3 Å². The zero-order chi connectivity index (χ0) is 11.7. The second-order valence-electron chi connectivity index (χ2n) is 3.57. The molecule has 1 aromatic carbocycles. The van der Waals surface area contributed by atoms with Crippen LogP contribution in [0, 0.1) is 0 Å². The molecule has 16 heavy (non-hydrogen) atoms. The van der Waals surface area contributed by atoms with Crippen LogP contribution in [-0.2, 0) is 4.74 Å². The van der Waals surface area contributed by atoms with Crippen LogP contribution in [0.1, 0.15) is 28.3 Å². The summed E-state index contributed by atoms with van der Waals surface area (Å²) in [5.41, 5.74) is 0.532. The number of carbonyl (C=O) groups is 1. The van der Waals surface area contributed by atoms with E-state index >= 15 is 0 Å². The van der Waals surface area contributed by atoms with Crippen LogP contribution < -0.4 is 0 Å². The molecule has 0 saturated carbocycles. The van der Waals surface area contributed by atoms with E-state index in [1.54, 1.807) is 19.1 Å². The van der Waals surface area contributed by atoms with Crippen LogP contribution in [0.15, 0.2) is 24.3 Å². The normalized spacial score (nSPS) is 12.7. The minimum absolute atomic E-state index is 0.341. The number of carbonyl (C=O) groups excluding carboxylic acids is 1. The molecule has 0 aliphatic rings. The largest absolute Gasteiger partial charge is 0.465 e. The Morgan fingerprint density at radius 3 is 2.81 bits per heavy atom. The maximum atomic E-state index is 11.3. The lowest BCUT2D eigenvalue weighted by atomic mass is 10.1. The summed E-state index contributed by atoms with van der Waals surface area (Å²) < 4.78 is 5.71. The van der Waals surface area contributed by atoms with Gasteiger partial charge in [0.2, 0.25) is 0 Å². The second kappa shape index (κ2) is 4.23. The molecule has 1 aromatic heterocycles. The van der Waals surface area contributed by atoms with Gasteiger partial charge < -0.3 is 9.84 Å². The topological polar surface area (TPSA) is 46.5 Å². The summed E-state index contributed by atoms with van der Waals surface area (Å²) in [5, 5.41) is 10.4. The van der Waals surface area contributed by atoms with E-state index in [1.165, 1.54) is 18.4 Å². The Labute approximate surface area is 97.3 Å². The molecule has 0 fully saturated rings. The first-order valence-corrected chi connectivity index (χ1v) is 5.73. The minimum atomic E-state index is -0.473. The number of ether oxygens (including phenoxy) is 1. The molecule has 2 aromatic rings. The molecule has 3 nitrogen and oxygen atoms in total. The van der Waals surface area contributed by atoms with Crippen LogP contribution in [0.2, 0.25) is 0 Å². The minimum Gasteiger partial charge on any atom is -0.465 e. The molecule has 1 atom stereocenters. The average molecular weight is 236 g/mol. The van der Waals surface area contributed by atoms with Crippen molar-refractivity contribution in [2.24, 2.45) is 0 Å². The molecule has 0 amide bonds. The third kappa shape index (κ3) is 1.94. The van der Waals surface area contributed by atoms with E-state index in [0.29, 0.717) is 5.56 Å². The van der Waals surface area contributed by atoms with Crippen LogP contribution >= 0.6 is 11.3 Å². The summed E-state index contributed by atoms with van der Waals surface area (Å²) in [4.78, 5) is 12.2. The first kappa shape index (κ1) is 11.1. The van der Waals surface area contributed by atoms with Gasteiger partial charge in [0.1, 0.15) is 0 Å². The molecule has 0 radical (unpaired) electrons. The summed E-state index contributed by atoms with van der Waals surface area (Å²) in [7, 11) is 1.36. The van der Waals surface area contributed by atoms with Crippen LogP contribution in [-0.4, -0.2) is 18.2 Å². The molecule has 0 bridgehead atoms. The number of thiophene rings is 1. The Morgan fingerprint density at radius 1 is 1.44 bits per heavy atom. The first-order valence-electron chi connectivity index (χ1n) is 4.91. The van der Waals surface area contributed by atoms with Crippen LogP contribution in [0.25, 0.3) is 10.1 Å². The lowest BCUT2D eigenvalue weighted by Crippen LogP contribution is -1.99. The standard InChI is InChI=1S/C12H12O3S/c1-7(13)11-6-9-5-8(12(14)15-2)3-4-10(9)16-11/h3-7,13H,1-2H3. The number of methoxy groups -OCH3 is 1. The predicted molar refractivity (Wildman–Crippen MR) is 63.8 cm³/mol. The van der Waals surface area contributed by atoms with E-state index in [9.17, 15) is 9.90 Å². The van der Waals surface area contributed by atoms with Gasteiger partial charge in [-0.25, -0.2) is 4.79 Å². The Bertz CT molecular complexity index is 528. The van der Waals surface area contributed by atoms with Crippen molar-refractivity contribution >= 4 is 27.4 Å². The smallest absolute Gasteiger partial charge is 0.337 e. The van der Waals surface area contributed by atoms with Crippen LogP contribution in [0.5, 0.6) is 0 Å². The number of benzene rings is 1. The molecule has 1 unspecified atom stereocenters. The molecule has 2 rings (SSSR count). The number of hydrogen-bond acceptors (Lipinski definition) is 4. The molecular weight excluding hydrogens is 224 g/mol. The van der Waals surface area contributed by atoms with Crippen molar-refractivity contribution in [3.8, 4) is 0 Å². The van der Waals surface area contributed by atoms with Gasteiger partial charge in [0.15, 0.2) is 0 Å². The molecule has 84 valence electrons. The monoisotopic (exact) mass is 236 g/mol. The van der Waals surface area contributed by atoms with Gasteiger partial charge in [0.05, 0.1) is 18.8 Å². The second-order valence-corrected chi connectivity index (χ2v) is 4.68. The summed E-state index contributed by atoms with van der Waals surface area (Å²) in [6.45, 7) is 1.73. The van der Waals surface area contributed by atoms with Crippen LogP contribution in [0.3, 0.4) is 0 Å². The Balaban J connectivity index is 2.49. The lowest BCUT2D eigenvalue weighted by molar-refractivity contribution is 0.0601. The molecule has 4 heteroatoms. The number of aliphatic hydroxyl groups excluding tert-OH is 1. The van der Waals surface area contributed by atoms with Gasteiger partial charge in [0.25, 0.3) is 0 Å². The van der Waals surface area contributed by atoms with Gasteiger partial charge in [-0.2, -0.15) is 0 Å². The third-order valence-corrected chi connectivity index (χ3v) is 3.65. The Morgan fingerprint density at radius 2 is 2.19 bits per heavy atom. The summed E-state index contributed by atoms with van der Waals surface area (Å²) in [6, 6.07) is 7.29. The van der Waals surface area contributed by atoms with Crippen molar-refractivity contribution in [3.63, 3.8) is 0 Å². The van der Waals surface area contributed by atoms with Crippen molar-refractivity contribution in [1.82, 2.24) is 0 Å². The van der Waals surface area contributed by atoms with Crippen molar-refractivity contribution < 1.29 is 14.6 Å². The van der Waals surface area contributed by atoms with Gasteiger partial charge in [0, 0.05) is 9.58 Å². The zero-order valence-corrected chi connectivity index (χ0v) is 9.88. The van der Waals surface area contributed by atoms with Crippen molar-refractivity contribution in [2.45, 2.75) is 13.0 Å². The highest BCUT2D eigenvalue weighted by Crippen LogP contribution is 2.30. The fourth-order valence-corrected chi connectivity index (χ4v) is 2.50. The highest BCUT2D eigenvalue weighted by molar-refractivity contribution is 7.19. The Hall–Kier alpha value is -1.39. The number of rotatable bonds is 2. The van der Waals surface area contributed by atoms with Gasteiger partial charge in [-0.3, -0.25) is 0 Å². The highest BCUT2D eigenvalue weighted by atomic mass is 32.1. The fraction of sp³-hybridized carbons (Fsp3) is 0.250. The number of fused-ring (bicyclic) bond motifs is 1. The van der Waals surface area contributed by atoms with Gasteiger partial charge in [-0.05, 0) is 36.6 Å². The van der Waals surface area contributed by atoms with Crippen molar-refractivity contribution in [1.29, 1.82) is 0 Å². The quantitative estimate of drug-likeness (QED) is 0.815. The Kier molecular flexibility index (Phi) is 2.94. The first-order chi connectivity index (χ1) is 7.61. The molecule has 0 aliphatic heterocycles. The van der Waals surface area contributed by atoms with E-state index in [0.717, 1.165) is 15.0 Å². The highest BCUT2D eigenvalue weighted by Gasteiger charge is 2.10. The van der Waals surface area contributed by atoms with Crippen molar-refractivity contribution in [2.75, 3.05) is 7.11 Å². The van der Waals surface area contributed by atoms with E-state index in [1.807, 2.05) is 12.1 Å². The summed E-state index contributed by atoms with van der Waals surface area (Å²) in [5.74, 6) is -0.341. The van der Waals surface area contributed by atoms with E-state index in [4.69, 9.17) is 0 Å². The van der Waals surface area contributed by atoms with E-state index in [-0.39, 0.29) is 5.97 Å². The fourth-order valence-electron chi connectivity index (χ4n) is 1.51. The van der Waals surface area contributed by atoms with Crippen LogP contribution in [0.4, 0.5) is 0 Å².